The first-order valence-corrected chi connectivity index (χ1v) is 3.07. The maximum atomic E-state index is 2.49. The molecule has 38 valence electrons. The van der Waals surface area contributed by atoms with Gasteiger partial charge in [-0.15, -0.1) is 0 Å². The number of hydrogen-bond donors (Lipinski definition) is 0. The molecule has 0 saturated carbocycles. The van der Waals surface area contributed by atoms with Gasteiger partial charge in [0, 0.05) is 0 Å². The Morgan fingerprint density at radius 2 is 1.62 bits per heavy atom. The van der Waals surface area contributed by atoms with E-state index < -0.39 is 0 Å². The van der Waals surface area contributed by atoms with Crippen molar-refractivity contribution in [1.29, 1.82) is 0 Å². The summed E-state index contributed by atoms with van der Waals surface area (Å²) >= 11 is 2.49. The normalized spacial score (nSPS) is 7.62. The molecule has 1 aromatic carbocycles. The molecule has 0 fully saturated rings. The topological polar surface area (TPSA) is 0 Å². The number of benzene rings is 1. The summed E-state index contributed by atoms with van der Waals surface area (Å²) < 4.78 is 1.26. The van der Waals surface area contributed by atoms with E-state index >= 15 is 0 Å². The second kappa shape index (κ2) is 4.60. The molecule has 0 spiro atoms. The van der Waals surface area contributed by atoms with E-state index in [1.165, 1.54) is 4.46 Å². The maximum absolute atomic E-state index is 2.49. The monoisotopic (exact) mass is 182 g/mol. The minimum atomic E-state index is 0. The third-order valence-electron chi connectivity index (χ3n) is 0.756. The van der Waals surface area contributed by atoms with Crippen LogP contribution in [0.15, 0.2) is 30.3 Å². The summed E-state index contributed by atoms with van der Waals surface area (Å²) in [5.41, 5.74) is 0. The van der Waals surface area contributed by atoms with Gasteiger partial charge in [-0.3, -0.25) is 0 Å². The molecule has 0 unspecified atom stereocenters. The van der Waals surface area contributed by atoms with Crippen molar-refractivity contribution in [3.8, 4) is 0 Å². The fraction of sp³-hybridized carbons (Fsp3) is 0. The van der Waals surface area contributed by atoms with Gasteiger partial charge in [-0.2, -0.15) is 0 Å². The Morgan fingerprint density at radius 3 is 1.88 bits per heavy atom. The summed E-state index contributed by atoms with van der Waals surface area (Å²) in [6.45, 7) is 0. The van der Waals surface area contributed by atoms with Crippen molar-refractivity contribution in [3.05, 3.63) is 30.3 Å². The Balaban J connectivity index is 0. The molecule has 0 aliphatic heterocycles. The van der Waals surface area contributed by atoms with Gasteiger partial charge < -0.3 is 1.43 Å². The van der Waals surface area contributed by atoms with Crippen LogP contribution in [0.4, 0.5) is 0 Å². The minimum absolute atomic E-state index is 0. The van der Waals surface area contributed by atoms with Crippen molar-refractivity contribution >= 4 is 20.5 Å². The quantitative estimate of drug-likeness (QED) is 0.383. The fourth-order valence-corrected chi connectivity index (χ4v) is 0.789. The SMILES string of the molecule is [H-].[Na+].[SeH]c1ccccc1. The Bertz CT molecular complexity index is 143. The molecule has 1 aromatic rings. The zero-order valence-electron chi connectivity index (χ0n) is 5.83. The molecule has 0 aromatic heterocycles. The van der Waals surface area contributed by atoms with Crippen LogP contribution < -0.4 is 34.0 Å². The Labute approximate surface area is 81.3 Å². The third kappa shape index (κ3) is 2.91. The first-order chi connectivity index (χ1) is 3.39. The number of hydrogen-bond acceptors (Lipinski definition) is 0. The zero-order valence-corrected chi connectivity index (χ0v) is 8.71. The van der Waals surface area contributed by atoms with Crippen LogP contribution in [-0.4, -0.2) is 16.0 Å². The van der Waals surface area contributed by atoms with E-state index in [1.807, 2.05) is 18.2 Å². The first-order valence-electron chi connectivity index (χ1n) is 2.13. The fourth-order valence-electron chi connectivity index (χ4n) is 0.428. The molecule has 0 atom stereocenters. The molecule has 0 bridgehead atoms. The van der Waals surface area contributed by atoms with Crippen LogP contribution in [0.1, 0.15) is 1.43 Å². The van der Waals surface area contributed by atoms with Gasteiger partial charge in [0.15, 0.2) is 0 Å². The van der Waals surface area contributed by atoms with Crippen LogP contribution in [0.25, 0.3) is 0 Å². The molecule has 0 N–H and O–H groups in total. The zero-order chi connectivity index (χ0) is 5.11. The van der Waals surface area contributed by atoms with Gasteiger partial charge >= 0.3 is 80.4 Å². The molecule has 0 aliphatic rings. The molecule has 0 aliphatic carbocycles. The van der Waals surface area contributed by atoms with Crippen LogP contribution in [-0.2, 0) is 0 Å². The molecular formula is C6H7NaSe. The number of rotatable bonds is 0. The predicted octanol–water partition coefficient (Wildman–Crippen LogP) is -2.67. The van der Waals surface area contributed by atoms with E-state index in [4.69, 9.17) is 0 Å². The van der Waals surface area contributed by atoms with Gasteiger partial charge in [0.05, 0.1) is 0 Å². The van der Waals surface area contributed by atoms with Crippen LogP contribution in [0, 0.1) is 0 Å². The van der Waals surface area contributed by atoms with Gasteiger partial charge in [-0.1, -0.05) is 0 Å². The molecule has 1 rings (SSSR count). The predicted molar refractivity (Wildman–Crippen MR) is 34.3 cm³/mol. The molecule has 0 saturated heterocycles. The van der Waals surface area contributed by atoms with E-state index in [0.29, 0.717) is 0 Å². The van der Waals surface area contributed by atoms with Gasteiger partial charge in [-0.25, -0.2) is 0 Å². The molecule has 0 amide bonds. The third-order valence-corrected chi connectivity index (χ3v) is 1.38. The second-order valence-electron chi connectivity index (χ2n) is 1.34. The standard InChI is InChI=1S/C6H6Se.Na.H/c7-6-4-2-1-3-5-6;;/h1-5,7H;;/q;+1;-1. The van der Waals surface area contributed by atoms with E-state index in [2.05, 4.69) is 28.1 Å². The summed E-state index contributed by atoms with van der Waals surface area (Å²) in [4.78, 5) is 0. The van der Waals surface area contributed by atoms with Crippen molar-refractivity contribution in [2.24, 2.45) is 0 Å². The van der Waals surface area contributed by atoms with E-state index in [0.717, 1.165) is 0 Å². The summed E-state index contributed by atoms with van der Waals surface area (Å²) in [7, 11) is 0. The van der Waals surface area contributed by atoms with Crippen molar-refractivity contribution in [2.45, 2.75) is 0 Å². The summed E-state index contributed by atoms with van der Waals surface area (Å²) in [6, 6.07) is 10.2. The van der Waals surface area contributed by atoms with E-state index in [-0.39, 0.29) is 31.0 Å². The van der Waals surface area contributed by atoms with Gasteiger partial charge in [-0.05, 0) is 0 Å². The second-order valence-corrected chi connectivity index (χ2v) is 2.42. The van der Waals surface area contributed by atoms with E-state index in [9.17, 15) is 0 Å². The molecule has 2 heteroatoms. The average molecular weight is 181 g/mol. The summed E-state index contributed by atoms with van der Waals surface area (Å²) in [5.74, 6) is 0. The van der Waals surface area contributed by atoms with Crippen molar-refractivity contribution < 1.29 is 31.0 Å². The van der Waals surface area contributed by atoms with Crippen molar-refractivity contribution in [3.63, 3.8) is 0 Å². The van der Waals surface area contributed by atoms with Gasteiger partial charge in [0.2, 0.25) is 0 Å². The van der Waals surface area contributed by atoms with Crippen LogP contribution in [0.5, 0.6) is 0 Å². The molecule has 0 radical (unpaired) electrons. The Morgan fingerprint density at radius 1 is 1.12 bits per heavy atom. The molecular weight excluding hydrogens is 174 g/mol. The summed E-state index contributed by atoms with van der Waals surface area (Å²) in [6.07, 6.45) is 0. The van der Waals surface area contributed by atoms with Gasteiger partial charge in [0.25, 0.3) is 0 Å². The first kappa shape index (κ1) is 8.74. The Hall–Kier alpha value is 0.739. The van der Waals surface area contributed by atoms with Crippen molar-refractivity contribution in [2.75, 3.05) is 0 Å². The molecule has 0 heterocycles. The Kier molecular flexibility index (Phi) is 5.03. The van der Waals surface area contributed by atoms with E-state index in [1.54, 1.807) is 0 Å². The molecule has 8 heavy (non-hydrogen) atoms. The van der Waals surface area contributed by atoms with Crippen LogP contribution >= 0.6 is 0 Å². The van der Waals surface area contributed by atoms with Crippen LogP contribution in [0.3, 0.4) is 0 Å². The van der Waals surface area contributed by atoms with Gasteiger partial charge in [0.1, 0.15) is 0 Å². The summed E-state index contributed by atoms with van der Waals surface area (Å²) in [5, 5.41) is 0. The van der Waals surface area contributed by atoms with Crippen LogP contribution in [0.2, 0.25) is 0 Å². The van der Waals surface area contributed by atoms with Crippen molar-refractivity contribution in [1.82, 2.24) is 0 Å². The molecule has 0 nitrogen and oxygen atoms in total. The average Bonchev–Trinajstić information content (AvgIpc) is 1.69.